The zero-order chi connectivity index (χ0) is 17.3. The molecule has 4 rings (SSSR count). The van der Waals surface area contributed by atoms with Crippen LogP contribution in [0.1, 0.15) is 65.7 Å². The van der Waals surface area contributed by atoms with Crippen molar-refractivity contribution in [2.45, 2.75) is 84.0 Å². The van der Waals surface area contributed by atoms with E-state index in [9.17, 15) is 15.3 Å². The number of hydrogen-bond acceptors (Lipinski definition) is 3. The van der Waals surface area contributed by atoms with Gasteiger partial charge in [0.1, 0.15) is 0 Å². The Morgan fingerprint density at radius 2 is 1.92 bits per heavy atom. The van der Waals surface area contributed by atoms with Crippen LogP contribution < -0.4 is 0 Å². The molecule has 3 saturated carbocycles. The molecule has 0 saturated heterocycles. The third-order valence-corrected chi connectivity index (χ3v) is 8.66. The van der Waals surface area contributed by atoms with Gasteiger partial charge in [0.05, 0.1) is 18.3 Å². The van der Waals surface area contributed by atoms with Crippen molar-refractivity contribution in [2.75, 3.05) is 0 Å². The first-order chi connectivity index (χ1) is 11.3. The molecule has 0 bridgehead atoms. The summed E-state index contributed by atoms with van der Waals surface area (Å²) in [5, 5.41) is 31.6. The van der Waals surface area contributed by atoms with Crippen molar-refractivity contribution in [2.24, 2.45) is 34.5 Å². The average Bonchev–Trinajstić information content (AvgIpc) is 2.84. The monoisotopic (exact) mass is 334 g/mol. The van der Waals surface area contributed by atoms with Crippen molar-refractivity contribution < 1.29 is 15.3 Å². The molecule has 9 atom stereocenters. The van der Waals surface area contributed by atoms with E-state index in [4.69, 9.17) is 0 Å². The zero-order valence-electron chi connectivity index (χ0n) is 15.4. The van der Waals surface area contributed by atoms with E-state index < -0.39 is 0 Å². The molecule has 3 unspecified atom stereocenters. The Labute approximate surface area is 146 Å². The van der Waals surface area contributed by atoms with Crippen LogP contribution in [0, 0.1) is 34.5 Å². The third kappa shape index (κ3) is 2.20. The molecule has 3 N–H and O–H groups in total. The Hall–Kier alpha value is -0.380. The summed E-state index contributed by atoms with van der Waals surface area (Å²) in [7, 11) is 0. The highest BCUT2D eigenvalue weighted by molar-refractivity contribution is 5.26. The standard InChI is InChI=1S/C21H34O3/c1-12(22)16-6-7-17-15-5-4-13-10-14(23)8-9-20(13,2)19(15)18(24)11-21(16,17)3/h4,12,14-19,22-24H,5-11H2,1-3H3/t12-,14+,15?,16-,17?,18+,19?,20+,21-/m1/s1. The van der Waals surface area contributed by atoms with Crippen LogP contribution in [0.5, 0.6) is 0 Å². The van der Waals surface area contributed by atoms with Crippen molar-refractivity contribution in [3.8, 4) is 0 Å². The fraction of sp³-hybridized carbons (Fsp3) is 0.905. The van der Waals surface area contributed by atoms with Crippen LogP contribution in [0.2, 0.25) is 0 Å². The minimum absolute atomic E-state index is 0.0613. The minimum Gasteiger partial charge on any atom is -0.393 e. The number of fused-ring (bicyclic) bond motifs is 5. The largest absolute Gasteiger partial charge is 0.393 e. The molecule has 4 aliphatic rings. The second-order valence-electron chi connectivity index (χ2n) is 9.78. The molecule has 0 aliphatic heterocycles. The van der Waals surface area contributed by atoms with Crippen LogP contribution in [-0.4, -0.2) is 33.6 Å². The lowest BCUT2D eigenvalue weighted by Crippen LogP contribution is -2.57. The van der Waals surface area contributed by atoms with Gasteiger partial charge in [-0.3, -0.25) is 0 Å². The predicted octanol–water partition coefficient (Wildman–Crippen LogP) is 3.28. The van der Waals surface area contributed by atoms with Crippen LogP contribution in [-0.2, 0) is 0 Å². The fourth-order valence-electron chi connectivity index (χ4n) is 7.60. The van der Waals surface area contributed by atoms with Crippen LogP contribution in [0.3, 0.4) is 0 Å². The second-order valence-corrected chi connectivity index (χ2v) is 9.78. The van der Waals surface area contributed by atoms with Crippen molar-refractivity contribution >= 4 is 0 Å². The first-order valence-corrected chi connectivity index (χ1v) is 10.0. The predicted molar refractivity (Wildman–Crippen MR) is 94.3 cm³/mol. The lowest BCUT2D eigenvalue weighted by Gasteiger charge is -2.59. The van der Waals surface area contributed by atoms with Gasteiger partial charge in [0.2, 0.25) is 0 Å². The van der Waals surface area contributed by atoms with Gasteiger partial charge in [-0.25, -0.2) is 0 Å². The number of rotatable bonds is 1. The Bertz CT molecular complexity index is 541. The van der Waals surface area contributed by atoms with Gasteiger partial charge in [0.25, 0.3) is 0 Å². The molecule has 0 heterocycles. The fourth-order valence-corrected chi connectivity index (χ4v) is 7.60. The zero-order valence-corrected chi connectivity index (χ0v) is 15.4. The van der Waals surface area contributed by atoms with Crippen molar-refractivity contribution in [1.82, 2.24) is 0 Å². The lowest BCUT2D eigenvalue weighted by atomic mass is 9.46. The van der Waals surface area contributed by atoms with Crippen LogP contribution >= 0.6 is 0 Å². The van der Waals surface area contributed by atoms with Crippen molar-refractivity contribution in [1.29, 1.82) is 0 Å². The summed E-state index contributed by atoms with van der Waals surface area (Å²) in [6.07, 6.45) is 8.48. The quantitative estimate of drug-likeness (QED) is 0.645. The molecule has 0 aromatic heterocycles. The molecule has 24 heavy (non-hydrogen) atoms. The molecular formula is C21H34O3. The maximum absolute atomic E-state index is 11.2. The molecule has 0 aromatic carbocycles. The first-order valence-electron chi connectivity index (χ1n) is 10.0. The average molecular weight is 335 g/mol. The van der Waals surface area contributed by atoms with Gasteiger partial charge in [-0.1, -0.05) is 25.5 Å². The maximum Gasteiger partial charge on any atom is 0.0585 e. The number of aliphatic hydroxyl groups excluding tert-OH is 3. The molecule has 136 valence electrons. The Morgan fingerprint density at radius 3 is 2.62 bits per heavy atom. The Kier molecular flexibility index (Phi) is 3.95. The first kappa shape index (κ1) is 17.1. The summed E-state index contributed by atoms with van der Waals surface area (Å²) in [6.45, 7) is 6.60. The summed E-state index contributed by atoms with van der Waals surface area (Å²) in [6, 6.07) is 0. The molecule has 4 aliphatic carbocycles. The highest BCUT2D eigenvalue weighted by atomic mass is 16.3. The van der Waals surface area contributed by atoms with Gasteiger partial charge in [0, 0.05) is 0 Å². The van der Waals surface area contributed by atoms with Crippen LogP contribution in [0.15, 0.2) is 11.6 Å². The molecule has 3 nitrogen and oxygen atoms in total. The molecule has 0 radical (unpaired) electrons. The van der Waals surface area contributed by atoms with E-state index in [-0.39, 0.29) is 29.1 Å². The molecule has 0 spiro atoms. The van der Waals surface area contributed by atoms with Gasteiger partial charge in [-0.2, -0.15) is 0 Å². The SMILES string of the molecule is C[C@@H](O)[C@H]1CCC2C3CC=C4C[C@@H](O)CC[C@]4(C)C3[C@@H](O)C[C@@]21C. The van der Waals surface area contributed by atoms with E-state index in [1.54, 1.807) is 0 Å². The van der Waals surface area contributed by atoms with Crippen LogP contribution in [0.25, 0.3) is 0 Å². The Balaban J connectivity index is 1.70. The van der Waals surface area contributed by atoms with Gasteiger partial charge < -0.3 is 15.3 Å². The smallest absolute Gasteiger partial charge is 0.0585 e. The van der Waals surface area contributed by atoms with E-state index in [2.05, 4.69) is 19.9 Å². The molecule has 3 heteroatoms. The van der Waals surface area contributed by atoms with E-state index in [0.717, 1.165) is 38.5 Å². The number of hydrogen-bond donors (Lipinski definition) is 3. The van der Waals surface area contributed by atoms with Gasteiger partial charge in [-0.05, 0) is 86.4 Å². The highest BCUT2D eigenvalue weighted by Crippen LogP contribution is 2.66. The Morgan fingerprint density at radius 1 is 1.17 bits per heavy atom. The van der Waals surface area contributed by atoms with Crippen LogP contribution in [0.4, 0.5) is 0 Å². The third-order valence-electron chi connectivity index (χ3n) is 8.66. The molecule has 3 fully saturated rings. The van der Waals surface area contributed by atoms with E-state index in [0.29, 0.717) is 23.7 Å². The highest BCUT2D eigenvalue weighted by Gasteiger charge is 2.62. The summed E-state index contributed by atoms with van der Waals surface area (Å²) >= 11 is 0. The van der Waals surface area contributed by atoms with Crippen molar-refractivity contribution in [3.05, 3.63) is 11.6 Å². The van der Waals surface area contributed by atoms with Gasteiger partial charge >= 0.3 is 0 Å². The molecule has 0 amide bonds. The maximum atomic E-state index is 11.2. The van der Waals surface area contributed by atoms with Gasteiger partial charge in [-0.15, -0.1) is 0 Å². The molecule has 0 aromatic rings. The van der Waals surface area contributed by atoms with Gasteiger partial charge in [0.15, 0.2) is 0 Å². The van der Waals surface area contributed by atoms with E-state index in [1.807, 2.05) is 6.92 Å². The normalized spacial score (nSPS) is 55.2. The van der Waals surface area contributed by atoms with E-state index in [1.165, 1.54) is 12.0 Å². The number of allylic oxidation sites excluding steroid dienone is 1. The summed E-state index contributed by atoms with van der Waals surface area (Å²) in [5.41, 5.74) is 1.53. The minimum atomic E-state index is -0.279. The lowest BCUT2D eigenvalue weighted by molar-refractivity contribution is -0.134. The summed E-state index contributed by atoms with van der Waals surface area (Å²) < 4.78 is 0. The molecular weight excluding hydrogens is 300 g/mol. The summed E-state index contributed by atoms with van der Waals surface area (Å²) in [5.74, 6) is 1.80. The topological polar surface area (TPSA) is 60.7 Å². The number of aliphatic hydroxyl groups is 3. The van der Waals surface area contributed by atoms with E-state index >= 15 is 0 Å². The summed E-state index contributed by atoms with van der Waals surface area (Å²) in [4.78, 5) is 0. The second kappa shape index (κ2) is 5.56. The van der Waals surface area contributed by atoms with Crippen molar-refractivity contribution in [3.63, 3.8) is 0 Å².